The fourth-order valence-corrected chi connectivity index (χ4v) is 2.58. The molecule has 116 valence electrons. The van der Waals surface area contributed by atoms with Crippen LogP contribution in [0.5, 0.6) is 0 Å². The second kappa shape index (κ2) is 9.73. The van der Waals surface area contributed by atoms with Crippen molar-refractivity contribution in [3.05, 3.63) is 0 Å². The standard InChI is InChI=1S/C16H34O3/c1-8-17-14(5)18-12-15(10-13(3)4)11-16(6,7)19-9-2/h13-15H,8-12H2,1-7H3. The molecule has 0 aliphatic heterocycles. The Kier molecular flexibility index (Phi) is 9.67. The van der Waals surface area contributed by atoms with E-state index in [0.717, 1.165) is 26.1 Å². The molecule has 0 spiro atoms. The van der Waals surface area contributed by atoms with Crippen LogP contribution in [0, 0.1) is 11.8 Å². The first-order valence-electron chi connectivity index (χ1n) is 7.67. The normalized spacial score (nSPS) is 15.8. The van der Waals surface area contributed by atoms with Gasteiger partial charge in [-0.15, -0.1) is 0 Å². The van der Waals surface area contributed by atoms with Gasteiger partial charge in [0, 0.05) is 13.2 Å². The fraction of sp³-hybridized carbons (Fsp3) is 1.00. The third-order valence-electron chi connectivity index (χ3n) is 3.09. The second-order valence-corrected chi connectivity index (χ2v) is 6.25. The molecule has 0 aromatic carbocycles. The molecule has 2 atom stereocenters. The quantitative estimate of drug-likeness (QED) is 0.527. The smallest absolute Gasteiger partial charge is 0.154 e. The van der Waals surface area contributed by atoms with Gasteiger partial charge < -0.3 is 14.2 Å². The van der Waals surface area contributed by atoms with Crippen molar-refractivity contribution in [2.45, 2.75) is 73.2 Å². The molecule has 0 amide bonds. The van der Waals surface area contributed by atoms with E-state index in [1.54, 1.807) is 0 Å². The molecule has 0 aromatic rings. The molecule has 3 heteroatoms. The number of ether oxygens (including phenoxy) is 3. The molecule has 2 unspecified atom stereocenters. The molecule has 0 saturated carbocycles. The lowest BCUT2D eigenvalue weighted by molar-refractivity contribution is -0.142. The maximum absolute atomic E-state index is 5.81. The Morgan fingerprint density at radius 2 is 1.58 bits per heavy atom. The van der Waals surface area contributed by atoms with Crippen molar-refractivity contribution in [2.75, 3.05) is 19.8 Å². The first-order chi connectivity index (χ1) is 8.80. The van der Waals surface area contributed by atoms with E-state index < -0.39 is 0 Å². The molecule has 0 bridgehead atoms. The largest absolute Gasteiger partial charge is 0.376 e. The Bertz CT molecular complexity index is 214. The van der Waals surface area contributed by atoms with E-state index >= 15 is 0 Å². The molecule has 0 radical (unpaired) electrons. The van der Waals surface area contributed by atoms with Gasteiger partial charge in [-0.2, -0.15) is 0 Å². The van der Waals surface area contributed by atoms with Crippen LogP contribution < -0.4 is 0 Å². The van der Waals surface area contributed by atoms with Crippen LogP contribution in [0.2, 0.25) is 0 Å². The molecule has 0 saturated heterocycles. The summed E-state index contributed by atoms with van der Waals surface area (Å²) < 4.78 is 17.0. The van der Waals surface area contributed by atoms with E-state index in [9.17, 15) is 0 Å². The van der Waals surface area contributed by atoms with Gasteiger partial charge in [-0.3, -0.25) is 0 Å². The van der Waals surface area contributed by atoms with Crippen LogP contribution in [-0.4, -0.2) is 31.7 Å². The van der Waals surface area contributed by atoms with E-state index in [-0.39, 0.29) is 11.9 Å². The number of rotatable bonds is 11. The van der Waals surface area contributed by atoms with Crippen molar-refractivity contribution < 1.29 is 14.2 Å². The summed E-state index contributed by atoms with van der Waals surface area (Å²) in [7, 11) is 0. The van der Waals surface area contributed by atoms with E-state index in [0.29, 0.717) is 18.4 Å². The minimum atomic E-state index is -0.116. The van der Waals surface area contributed by atoms with Crippen LogP contribution in [0.1, 0.15) is 61.3 Å². The SMILES string of the molecule is CCOC(C)OCC(CC(C)C)CC(C)(C)OCC. The molecule has 0 aliphatic rings. The van der Waals surface area contributed by atoms with Crippen molar-refractivity contribution in [3.8, 4) is 0 Å². The van der Waals surface area contributed by atoms with Gasteiger partial charge in [-0.05, 0) is 59.3 Å². The van der Waals surface area contributed by atoms with Crippen molar-refractivity contribution in [1.29, 1.82) is 0 Å². The average molecular weight is 274 g/mol. The maximum atomic E-state index is 5.81. The Hall–Kier alpha value is -0.120. The molecule has 0 aliphatic carbocycles. The molecule has 19 heavy (non-hydrogen) atoms. The Labute approximate surface area is 120 Å². The lowest BCUT2D eigenvalue weighted by atomic mass is 9.87. The zero-order valence-electron chi connectivity index (χ0n) is 14.0. The topological polar surface area (TPSA) is 27.7 Å². The van der Waals surface area contributed by atoms with Crippen molar-refractivity contribution in [1.82, 2.24) is 0 Å². The molecule has 0 N–H and O–H groups in total. The highest BCUT2D eigenvalue weighted by Gasteiger charge is 2.25. The predicted octanol–water partition coefficient (Wildman–Crippen LogP) is 4.25. The van der Waals surface area contributed by atoms with Gasteiger partial charge >= 0.3 is 0 Å². The first-order valence-corrected chi connectivity index (χ1v) is 7.67. The van der Waals surface area contributed by atoms with Gasteiger partial charge in [0.1, 0.15) is 0 Å². The third kappa shape index (κ3) is 10.3. The highest BCUT2D eigenvalue weighted by Crippen LogP contribution is 2.26. The minimum Gasteiger partial charge on any atom is -0.376 e. The third-order valence-corrected chi connectivity index (χ3v) is 3.09. The van der Waals surface area contributed by atoms with Crippen molar-refractivity contribution >= 4 is 0 Å². The lowest BCUT2D eigenvalue weighted by Crippen LogP contribution is -2.31. The molecule has 0 fully saturated rings. The summed E-state index contributed by atoms with van der Waals surface area (Å²) in [5, 5.41) is 0. The lowest BCUT2D eigenvalue weighted by Gasteiger charge is -2.31. The van der Waals surface area contributed by atoms with Gasteiger partial charge in [0.2, 0.25) is 0 Å². The molecular weight excluding hydrogens is 240 g/mol. The predicted molar refractivity (Wildman–Crippen MR) is 80.3 cm³/mol. The van der Waals surface area contributed by atoms with Crippen LogP contribution in [0.4, 0.5) is 0 Å². The van der Waals surface area contributed by atoms with E-state index in [1.807, 2.05) is 20.8 Å². The number of hydrogen-bond donors (Lipinski definition) is 0. The molecule has 3 nitrogen and oxygen atoms in total. The van der Waals surface area contributed by atoms with Gasteiger partial charge in [0.05, 0.1) is 12.2 Å². The highest BCUT2D eigenvalue weighted by atomic mass is 16.7. The molecule has 0 heterocycles. The van der Waals surface area contributed by atoms with Crippen LogP contribution in [-0.2, 0) is 14.2 Å². The summed E-state index contributed by atoms with van der Waals surface area (Å²) in [6, 6.07) is 0. The van der Waals surface area contributed by atoms with Gasteiger partial charge in [-0.25, -0.2) is 0 Å². The highest BCUT2D eigenvalue weighted by molar-refractivity contribution is 4.75. The first kappa shape index (κ1) is 18.9. The zero-order chi connectivity index (χ0) is 14.9. The minimum absolute atomic E-state index is 0.0769. The summed E-state index contributed by atoms with van der Waals surface area (Å²) in [6.07, 6.45) is 2.07. The molecular formula is C16H34O3. The summed E-state index contributed by atoms with van der Waals surface area (Å²) in [5.41, 5.74) is -0.0769. The summed E-state index contributed by atoms with van der Waals surface area (Å²) >= 11 is 0. The van der Waals surface area contributed by atoms with Crippen LogP contribution in [0.15, 0.2) is 0 Å². The van der Waals surface area contributed by atoms with Gasteiger partial charge in [0.25, 0.3) is 0 Å². The average Bonchev–Trinajstić information content (AvgIpc) is 2.25. The van der Waals surface area contributed by atoms with E-state index in [4.69, 9.17) is 14.2 Å². The Balaban J connectivity index is 4.30. The molecule has 0 rings (SSSR count). The van der Waals surface area contributed by atoms with Gasteiger partial charge in [0.15, 0.2) is 6.29 Å². The maximum Gasteiger partial charge on any atom is 0.154 e. The second-order valence-electron chi connectivity index (χ2n) is 6.25. The van der Waals surface area contributed by atoms with E-state index in [1.165, 1.54) is 0 Å². The fourth-order valence-electron chi connectivity index (χ4n) is 2.58. The van der Waals surface area contributed by atoms with Crippen LogP contribution in [0.3, 0.4) is 0 Å². The van der Waals surface area contributed by atoms with Gasteiger partial charge in [-0.1, -0.05) is 13.8 Å². The van der Waals surface area contributed by atoms with Crippen LogP contribution >= 0.6 is 0 Å². The van der Waals surface area contributed by atoms with Crippen LogP contribution in [0.25, 0.3) is 0 Å². The van der Waals surface area contributed by atoms with E-state index in [2.05, 4.69) is 27.7 Å². The summed E-state index contributed by atoms with van der Waals surface area (Å²) in [5.74, 6) is 1.19. The number of hydrogen-bond acceptors (Lipinski definition) is 3. The summed E-state index contributed by atoms with van der Waals surface area (Å²) in [6.45, 7) is 17.0. The monoisotopic (exact) mass is 274 g/mol. The summed E-state index contributed by atoms with van der Waals surface area (Å²) in [4.78, 5) is 0. The Morgan fingerprint density at radius 1 is 0.947 bits per heavy atom. The Morgan fingerprint density at radius 3 is 2.05 bits per heavy atom. The molecule has 0 aromatic heterocycles. The van der Waals surface area contributed by atoms with Crippen molar-refractivity contribution in [2.24, 2.45) is 11.8 Å². The van der Waals surface area contributed by atoms with Crippen molar-refractivity contribution in [3.63, 3.8) is 0 Å². The zero-order valence-corrected chi connectivity index (χ0v) is 14.0.